The molecular formula is C15H18N4O2S. The first-order chi connectivity index (χ1) is 10.6. The van der Waals surface area contributed by atoms with Gasteiger partial charge in [0.05, 0.1) is 11.6 Å². The summed E-state index contributed by atoms with van der Waals surface area (Å²) in [6.45, 7) is 0.466. The molecule has 1 aromatic heterocycles. The van der Waals surface area contributed by atoms with Crippen molar-refractivity contribution in [2.75, 3.05) is 25.5 Å². The van der Waals surface area contributed by atoms with Crippen LogP contribution in [0.2, 0.25) is 0 Å². The largest absolute Gasteiger partial charge is 0.331 e. The Morgan fingerprint density at radius 1 is 1.32 bits per heavy atom. The summed E-state index contributed by atoms with van der Waals surface area (Å²) in [4.78, 5) is 29.7. The second-order valence-corrected chi connectivity index (χ2v) is 5.68. The number of amides is 2. The molecule has 0 aliphatic carbocycles. The topological polar surface area (TPSA) is 88.3 Å². The Kier molecular flexibility index (Phi) is 5.62. The summed E-state index contributed by atoms with van der Waals surface area (Å²) in [5.74, 6) is -0.526. The number of aromatic nitrogens is 1. The number of carbonyl (C=O) groups is 2. The molecular weight excluding hydrogens is 300 g/mol. The van der Waals surface area contributed by atoms with Crippen molar-refractivity contribution in [2.24, 2.45) is 5.73 Å². The van der Waals surface area contributed by atoms with E-state index in [1.807, 2.05) is 18.2 Å². The first-order valence-corrected chi connectivity index (χ1v) is 7.73. The number of nitrogens with one attached hydrogen (secondary N) is 1. The van der Waals surface area contributed by atoms with Gasteiger partial charge in [0.2, 0.25) is 5.91 Å². The van der Waals surface area contributed by atoms with Gasteiger partial charge in [0.1, 0.15) is 5.69 Å². The second-order valence-electron chi connectivity index (χ2n) is 4.74. The molecule has 0 aliphatic heterocycles. The smallest absolute Gasteiger partial charge is 0.273 e. The van der Waals surface area contributed by atoms with Gasteiger partial charge < -0.3 is 16.0 Å². The van der Waals surface area contributed by atoms with Gasteiger partial charge in [0.25, 0.3) is 5.91 Å². The van der Waals surface area contributed by atoms with Crippen LogP contribution in [0.15, 0.2) is 35.7 Å². The van der Waals surface area contributed by atoms with Crippen molar-refractivity contribution in [3.8, 4) is 0 Å². The second kappa shape index (κ2) is 7.67. The highest BCUT2D eigenvalue weighted by atomic mass is 32.1. The Balaban J connectivity index is 1.91. The number of anilines is 1. The number of hydrogen-bond acceptors (Lipinski definition) is 5. The Labute approximate surface area is 133 Å². The molecule has 1 aromatic carbocycles. The highest BCUT2D eigenvalue weighted by molar-refractivity contribution is 7.09. The molecule has 2 aromatic rings. The lowest BCUT2D eigenvalue weighted by molar-refractivity contribution is -0.116. The minimum Gasteiger partial charge on any atom is -0.331 e. The third-order valence-electron chi connectivity index (χ3n) is 2.91. The molecule has 0 atom stereocenters. The summed E-state index contributed by atoms with van der Waals surface area (Å²) >= 11 is 1.40. The average molecular weight is 318 g/mol. The maximum absolute atomic E-state index is 12.2. The molecule has 1 heterocycles. The van der Waals surface area contributed by atoms with Gasteiger partial charge in [-0.2, -0.15) is 0 Å². The van der Waals surface area contributed by atoms with E-state index in [0.29, 0.717) is 24.3 Å². The van der Waals surface area contributed by atoms with Crippen molar-refractivity contribution < 1.29 is 9.59 Å². The maximum Gasteiger partial charge on any atom is 0.273 e. The molecule has 116 valence electrons. The molecule has 2 amide bonds. The first-order valence-electron chi connectivity index (χ1n) is 6.85. The molecule has 6 nitrogen and oxygen atoms in total. The molecule has 0 saturated carbocycles. The molecule has 0 saturated heterocycles. The number of likely N-dealkylation sites (N-methyl/N-ethyl adjacent to an activating group) is 1. The normalized spacial score (nSPS) is 10.3. The van der Waals surface area contributed by atoms with Crippen LogP contribution in [0.25, 0.3) is 0 Å². The van der Waals surface area contributed by atoms with Crippen molar-refractivity contribution in [1.29, 1.82) is 0 Å². The third kappa shape index (κ3) is 4.37. The fourth-order valence-electron chi connectivity index (χ4n) is 1.85. The molecule has 2 rings (SSSR count). The predicted octanol–water partition coefficient (Wildman–Crippen LogP) is 1.35. The Bertz CT molecular complexity index is 642. The zero-order valence-electron chi connectivity index (χ0n) is 12.3. The van der Waals surface area contributed by atoms with Crippen molar-refractivity contribution >= 4 is 28.8 Å². The van der Waals surface area contributed by atoms with Crippen LogP contribution in [0, 0.1) is 0 Å². The number of rotatable bonds is 6. The number of carbonyl (C=O) groups excluding carboxylic acids is 2. The van der Waals surface area contributed by atoms with Crippen molar-refractivity contribution in [2.45, 2.75) is 6.42 Å². The van der Waals surface area contributed by atoms with Crippen molar-refractivity contribution in [3.63, 3.8) is 0 Å². The molecule has 7 heteroatoms. The van der Waals surface area contributed by atoms with E-state index in [1.165, 1.54) is 16.2 Å². The van der Waals surface area contributed by atoms with Gasteiger partial charge in [-0.05, 0) is 18.7 Å². The van der Waals surface area contributed by atoms with Crippen molar-refractivity contribution in [1.82, 2.24) is 9.88 Å². The van der Waals surface area contributed by atoms with Gasteiger partial charge in [0.15, 0.2) is 0 Å². The number of hydrogen-bond donors (Lipinski definition) is 2. The summed E-state index contributed by atoms with van der Waals surface area (Å²) < 4.78 is 0. The van der Waals surface area contributed by atoms with Crippen LogP contribution in [0.5, 0.6) is 0 Å². The Hall–Kier alpha value is -2.25. The Morgan fingerprint density at radius 3 is 2.73 bits per heavy atom. The van der Waals surface area contributed by atoms with Gasteiger partial charge in [-0.3, -0.25) is 9.59 Å². The predicted molar refractivity (Wildman–Crippen MR) is 86.9 cm³/mol. The standard InChI is InChI=1S/C15H18N4O2S/c1-19(9-13(20)17-11-5-3-2-4-6-11)15(21)12-10-22-14(18-12)7-8-16/h2-6,10H,7-9,16H2,1H3,(H,17,20). The molecule has 22 heavy (non-hydrogen) atoms. The third-order valence-corrected chi connectivity index (χ3v) is 3.82. The van der Waals surface area contributed by atoms with Crippen LogP contribution in [-0.2, 0) is 11.2 Å². The van der Waals surface area contributed by atoms with E-state index < -0.39 is 0 Å². The SMILES string of the molecule is CN(CC(=O)Nc1ccccc1)C(=O)c1csc(CCN)n1. The lowest BCUT2D eigenvalue weighted by atomic mass is 10.3. The molecule has 0 fully saturated rings. The van der Waals surface area contributed by atoms with Crippen LogP contribution >= 0.6 is 11.3 Å². The van der Waals surface area contributed by atoms with E-state index in [-0.39, 0.29) is 18.4 Å². The minimum atomic E-state index is -0.275. The fraction of sp³-hybridized carbons (Fsp3) is 0.267. The lowest BCUT2D eigenvalue weighted by Gasteiger charge is -2.15. The van der Waals surface area contributed by atoms with E-state index in [2.05, 4.69) is 10.3 Å². The summed E-state index contributed by atoms with van der Waals surface area (Å²) in [6.07, 6.45) is 0.649. The molecule has 0 aliphatic rings. The Morgan fingerprint density at radius 2 is 2.05 bits per heavy atom. The number of nitrogens with zero attached hydrogens (tertiary/aromatic N) is 2. The minimum absolute atomic E-state index is 0.0303. The zero-order valence-corrected chi connectivity index (χ0v) is 13.1. The molecule has 0 spiro atoms. The van der Waals surface area contributed by atoms with E-state index in [4.69, 9.17) is 5.73 Å². The van der Waals surface area contributed by atoms with E-state index in [0.717, 1.165) is 5.01 Å². The number of benzene rings is 1. The van der Waals surface area contributed by atoms with Crippen LogP contribution < -0.4 is 11.1 Å². The van der Waals surface area contributed by atoms with E-state index in [1.54, 1.807) is 24.6 Å². The van der Waals surface area contributed by atoms with Gasteiger partial charge >= 0.3 is 0 Å². The lowest BCUT2D eigenvalue weighted by Crippen LogP contribution is -2.35. The zero-order chi connectivity index (χ0) is 15.9. The molecule has 0 bridgehead atoms. The van der Waals surface area contributed by atoms with E-state index >= 15 is 0 Å². The molecule has 0 radical (unpaired) electrons. The highest BCUT2D eigenvalue weighted by Gasteiger charge is 2.17. The number of nitrogens with two attached hydrogens (primary N) is 1. The summed E-state index contributed by atoms with van der Waals surface area (Å²) in [5.41, 5.74) is 6.51. The summed E-state index contributed by atoms with van der Waals surface area (Å²) in [6, 6.07) is 9.11. The van der Waals surface area contributed by atoms with Gasteiger partial charge in [-0.25, -0.2) is 4.98 Å². The molecule has 0 unspecified atom stereocenters. The van der Waals surface area contributed by atoms with Crippen LogP contribution in [0.1, 0.15) is 15.5 Å². The van der Waals surface area contributed by atoms with Gasteiger partial charge in [0, 0.05) is 24.5 Å². The number of thiazole rings is 1. The van der Waals surface area contributed by atoms with Crippen molar-refractivity contribution in [3.05, 3.63) is 46.4 Å². The fourth-order valence-corrected chi connectivity index (χ4v) is 2.64. The van der Waals surface area contributed by atoms with Gasteiger partial charge in [-0.1, -0.05) is 18.2 Å². The maximum atomic E-state index is 12.2. The monoisotopic (exact) mass is 318 g/mol. The number of para-hydroxylation sites is 1. The first kappa shape index (κ1) is 16.1. The van der Waals surface area contributed by atoms with Crippen LogP contribution in [-0.4, -0.2) is 41.8 Å². The quantitative estimate of drug-likeness (QED) is 0.841. The van der Waals surface area contributed by atoms with E-state index in [9.17, 15) is 9.59 Å². The van der Waals surface area contributed by atoms with Crippen LogP contribution in [0.3, 0.4) is 0 Å². The highest BCUT2D eigenvalue weighted by Crippen LogP contribution is 2.12. The average Bonchev–Trinajstić information content (AvgIpc) is 2.96. The van der Waals surface area contributed by atoms with Gasteiger partial charge in [-0.15, -0.1) is 11.3 Å². The summed E-state index contributed by atoms with van der Waals surface area (Å²) in [7, 11) is 1.58. The summed E-state index contributed by atoms with van der Waals surface area (Å²) in [5, 5.41) is 5.26. The molecule has 3 N–H and O–H groups in total. The van der Waals surface area contributed by atoms with Crippen LogP contribution in [0.4, 0.5) is 5.69 Å².